The monoisotopic (exact) mass is 263 g/mol. The summed E-state index contributed by atoms with van der Waals surface area (Å²) in [6.07, 6.45) is 2.05. The molecule has 0 aliphatic carbocycles. The molecule has 1 fully saturated rings. The predicted octanol–water partition coefficient (Wildman–Crippen LogP) is 1.41. The summed E-state index contributed by atoms with van der Waals surface area (Å²) in [5.41, 5.74) is 1.13. The molecule has 1 radical (unpaired) electrons. The van der Waals surface area contributed by atoms with Crippen LogP contribution in [0.2, 0.25) is 0 Å². The Kier molecular flexibility index (Phi) is 2.86. The highest BCUT2D eigenvalue weighted by Gasteiger charge is 2.33. The van der Waals surface area contributed by atoms with Crippen molar-refractivity contribution in [3.63, 3.8) is 0 Å². The smallest absolute Gasteiger partial charge is 0.256 e. The number of nitrogens with zero attached hydrogens (tertiary/aromatic N) is 2. The zero-order valence-corrected chi connectivity index (χ0v) is 10.9. The molecule has 0 N–H and O–H groups in total. The minimum Gasteiger partial charge on any atom is -0.358 e. The van der Waals surface area contributed by atoms with E-state index in [1.165, 1.54) is 0 Å². The molecule has 1 aromatic rings. The summed E-state index contributed by atoms with van der Waals surface area (Å²) in [5.74, 6) is 0.994. The molecule has 1 aromatic carbocycles. The van der Waals surface area contributed by atoms with Crippen molar-refractivity contribution < 1.29 is 8.42 Å². The third-order valence-electron chi connectivity index (χ3n) is 3.55. The van der Waals surface area contributed by atoms with E-state index in [9.17, 15) is 8.42 Å². The molecule has 1 saturated heterocycles. The number of fused-ring (bicyclic) bond motifs is 1. The zero-order chi connectivity index (χ0) is 12.6. The SMILES string of the molecule is O=S1(=O)CCN2CCC[C@@H](c3cc[c]cc3)C2=N1. The number of rotatable bonds is 1. The van der Waals surface area contributed by atoms with Gasteiger partial charge in [0.2, 0.25) is 0 Å². The van der Waals surface area contributed by atoms with Crippen molar-refractivity contribution in [2.75, 3.05) is 18.8 Å². The Morgan fingerprint density at radius 1 is 1.28 bits per heavy atom. The fourth-order valence-electron chi connectivity index (χ4n) is 2.66. The van der Waals surface area contributed by atoms with Crippen LogP contribution >= 0.6 is 0 Å². The van der Waals surface area contributed by atoms with Crippen molar-refractivity contribution in [3.8, 4) is 0 Å². The van der Waals surface area contributed by atoms with Gasteiger partial charge in [0.05, 0.1) is 5.75 Å². The first kappa shape index (κ1) is 11.7. The summed E-state index contributed by atoms with van der Waals surface area (Å²) in [5, 5.41) is 0. The topological polar surface area (TPSA) is 49.7 Å². The van der Waals surface area contributed by atoms with Crippen LogP contribution in [-0.4, -0.2) is 38.0 Å². The zero-order valence-electron chi connectivity index (χ0n) is 10.0. The van der Waals surface area contributed by atoms with Crippen LogP contribution in [0.15, 0.2) is 28.7 Å². The Labute approximate surface area is 107 Å². The summed E-state index contributed by atoms with van der Waals surface area (Å²) >= 11 is 0. The third-order valence-corrected chi connectivity index (χ3v) is 4.72. The van der Waals surface area contributed by atoms with E-state index < -0.39 is 10.0 Å². The van der Waals surface area contributed by atoms with Crippen molar-refractivity contribution in [1.29, 1.82) is 0 Å². The first-order chi connectivity index (χ1) is 8.66. The Bertz CT molecular complexity index is 566. The van der Waals surface area contributed by atoms with Gasteiger partial charge in [0, 0.05) is 19.0 Å². The van der Waals surface area contributed by atoms with Crippen LogP contribution in [0.1, 0.15) is 24.3 Å². The van der Waals surface area contributed by atoms with Crippen molar-refractivity contribution in [1.82, 2.24) is 4.90 Å². The minimum absolute atomic E-state index is 0.114. The fraction of sp³-hybridized carbons (Fsp3) is 0.462. The van der Waals surface area contributed by atoms with Gasteiger partial charge < -0.3 is 4.90 Å². The molecule has 2 heterocycles. The maximum atomic E-state index is 11.7. The molecule has 0 saturated carbocycles. The van der Waals surface area contributed by atoms with Crippen LogP contribution in [0.5, 0.6) is 0 Å². The molecule has 5 heteroatoms. The van der Waals surface area contributed by atoms with Gasteiger partial charge >= 0.3 is 0 Å². The van der Waals surface area contributed by atoms with E-state index in [-0.39, 0.29) is 11.7 Å². The average Bonchev–Trinajstić information content (AvgIpc) is 2.38. The van der Waals surface area contributed by atoms with Crippen LogP contribution in [-0.2, 0) is 10.0 Å². The predicted molar refractivity (Wildman–Crippen MR) is 70.0 cm³/mol. The molecule has 0 unspecified atom stereocenters. The highest BCUT2D eigenvalue weighted by atomic mass is 32.2. The summed E-state index contributed by atoms with van der Waals surface area (Å²) < 4.78 is 27.3. The van der Waals surface area contributed by atoms with E-state index in [4.69, 9.17) is 0 Å². The number of amidine groups is 1. The van der Waals surface area contributed by atoms with E-state index in [0.29, 0.717) is 6.54 Å². The molecule has 0 aromatic heterocycles. The molecule has 0 bridgehead atoms. The van der Waals surface area contributed by atoms with E-state index >= 15 is 0 Å². The minimum atomic E-state index is -3.26. The normalized spacial score (nSPS) is 26.3. The summed E-state index contributed by atoms with van der Waals surface area (Å²) in [6.45, 7) is 1.50. The molecule has 0 spiro atoms. The second-order valence-corrected chi connectivity index (χ2v) is 6.51. The van der Waals surface area contributed by atoms with Crippen LogP contribution in [0.3, 0.4) is 0 Å². The number of hydrogen-bond acceptors (Lipinski definition) is 3. The van der Waals surface area contributed by atoms with Crippen molar-refractivity contribution >= 4 is 15.9 Å². The van der Waals surface area contributed by atoms with Crippen LogP contribution < -0.4 is 0 Å². The number of sulfonamides is 1. The third kappa shape index (κ3) is 2.14. The van der Waals surface area contributed by atoms with Crippen molar-refractivity contribution in [3.05, 3.63) is 35.9 Å². The molecule has 1 atom stereocenters. The largest absolute Gasteiger partial charge is 0.358 e. The van der Waals surface area contributed by atoms with Crippen LogP contribution in [0.25, 0.3) is 0 Å². The van der Waals surface area contributed by atoms with Gasteiger partial charge in [0.1, 0.15) is 5.84 Å². The average molecular weight is 263 g/mol. The van der Waals surface area contributed by atoms with Crippen molar-refractivity contribution in [2.24, 2.45) is 4.40 Å². The molecule has 0 amide bonds. The first-order valence-corrected chi connectivity index (χ1v) is 7.80. The van der Waals surface area contributed by atoms with Crippen LogP contribution in [0.4, 0.5) is 0 Å². The molecular weight excluding hydrogens is 248 g/mol. The first-order valence-electron chi connectivity index (χ1n) is 6.19. The van der Waals surface area contributed by atoms with Crippen LogP contribution in [0, 0.1) is 6.07 Å². The van der Waals surface area contributed by atoms with E-state index in [1.807, 2.05) is 24.3 Å². The van der Waals surface area contributed by atoms with E-state index in [0.717, 1.165) is 30.8 Å². The van der Waals surface area contributed by atoms with Gasteiger partial charge in [-0.15, -0.1) is 4.40 Å². The molecule has 4 nitrogen and oxygen atoms in total. The van der Waals surface area contributed by atoms with Gasteiger partial charge in [-0.1, -0.05) is 24.3 Å². The standard InChI is InChI=1S/C13H15N2O2S/c16-18(17)10-9-15-8-4-7-12(13(15)14-18)11-5-2-1-3-6-11/h2-3,5-6,12H,4,7-10H2/t12-/m0/s1. The maximum absolute atomic E-state index is 11.7. The van der Waals surface area contributed by atoms with Gasteiger partial charge in [-0.2, -0.15) is 0 Å². The lowest BCUT2D eigenvalue weighted by atomic mass is 9.89. The number of piperidine rings is 1. The molecule has 3 rings (SSSR count). The maximum Gasteiger partial charge on any atom is 0.256 e. The lowest BCUT2D eigenvalue weighted by Gasteiger charge is -2.37. The summed E-state index contributed by atoms with van der Waals surface area (Å²) in [7, 11) is -3.26. The quantitative estimate of drug-likeness (QED) is 0.769. The van der Waals surface area contributed by atoms with Crippen molar-refractivity contribution in [2.45, 2.75) is 18.8 Å². The molecular formula is C13H15N2O2S. The highest BCUT2D eigenvalue weighted by Crippen LogP contribution is 2.31. The van der Waals surface area contributed by atoms with Gasteiger partial charge in [-0.25, -0.2) is 8.42 Å². The van der Waals surface area contributed by atoms with Gasteiger partial charge in [0.25, 0.3) is 10.0 Å². The number of hydrogen-bond donors (Lipinski definition) is 0. The Morgan fingerprint density at radius 3 is 2.83 bits per heavy atom. The molecule has 2 aliphatic rings. The highest BCUT2D eigenvalue weighted by molar-refractivity contribution is 7.90. The lowest BCUT2D eigenvalue weighted by Crippen LogP contribution is -2.46. The van der Waals surface area contributed by atoms with Gasteiger partial charge in [-0.3, -0.25) is 0 Å². The second-order valence-electron chi connectivity index (χ2n) is 4.75. The Hall–Kier alpha value is -1.36. The Balaban J connectivity index is 2.02. The number of benzene rings is 1. The van der Waals surface area contributed by atoms with E-state index in [1.54, 1.807) is 0 Å². The molecule has 2 aliphatic heterocycles. The van der Waals surface area contributed by atoms with Gasteiger partial charge in [-0.05, 0) is 24.5 Å². The molecule has 18 heavy (non-hydrogen) atoms. The second kappa shape index (κ2) is 4.39. The lowest BCUT2D eigenvalue weighted by molar-refractivity contribution is 0.366. The van der Waals surface area contributed by atoms with E-state index in [2.05, 4.69) is 15.4 Å². The summed E-state index contributed by atoms with van der Waals surface area (Å²) in [6, 6.07) is 10.7. The fourth-order valence-corrected chi connectivity index (χ4v) is 3.73. The summed E-state index contributed by atoms with van der Waals surface area (Å²) in [4.78, 5) is 2.12. The molecule has 95 valence electrons. The van der Waals surface area contributed by atoms with Gasteiger partial charge in [0.15, 0.2) is 0 Å². The Morgan fingerprint density at radius 2 is 2.06 bits per heavy atom.